The van der Waals surface area contributed by atoms with E-state index in [1.807, 2.05) is 29.2 Å². The van der Waals surface area contributed by atoms with Crippen molar-refractivity contribution in [2.75, 3.05) is 20.2 Å². The zero-order valence-corrected chi connectivity index (χ0v) is 16.8. The Bertz CT molecular complexity index is 740. The maximum atomic E-state index is 13.4. The van der Waals surface area contributed by atoms with E-state index in [1.54, 1.807) is 0 Å². The minimum Gasteiger partial charge on any atom is -0.468 e. The largest absolute Gasteiger partial charge is 0.468 e. The molecule has 152 valence electrons. The molecule has 0 bridgehead atoms. The summed E-state index contributed by atoms with van der Waals surface area (Å²) in [6.45, 7) is 2.61. The fourth-order valence-electron chi connectivity index (χ4n) is 4.82. The van der Waals surface area contributed by atoms with Gasteiger partial charge in [0.15, 0.2) is 0 Å². The van der Waals surface area contributed by atoms with E-state index in [0.29, 0.717) is 12.1 Å². The number of carbonyl (C=O) groups is 3. The van der Waals surface area contributed by atoms with Crippen LogP contribution >= 0.6 is 0 Å². The molecule has 1 aromatic rings. The molecule has 1 heterocycles. The quantitative estimate of drug-likeness (QED) is 0.763. The van der Waals surface area contributed by atoms with Gasteiger partial charge in [0, 0.05) is 12.1 Å². The second-order valence-corrected chi connectivity index (χ2v) is 7.79. The predicted molar refractivity (Wildman–Crippen MR) is 106 cm³/mol. The van der Waals surface area contributed by atoms with Crippen LogP contribution in [0.1, 0.15) is 73.7 Å². The van der Waals surface area contributed by atoms with Gasteiger partial charge >= 0.3 is 5.97 Å². The number of nitrogens with zero attached hydrogens (tertiary/aromatic N) is 1. The van der Waals surface area contributed by atoms with E-state index in [-0.39, 0.29) is 18.4 Å². The first-order valence-corrected chi connectivity index (χ1v) is 10.3. The van der Waals surface area contributed by atoms with E-state index < -0.39 is 17.4 Å². The summed E-state index contributed by atoms with van der Waals surface area (Å²) in [7, 11) is 1.30. The molecule has 2 aliphatic rings. The van der Waals surface area contributed by atoms with Crippen LogP contribution in [0, 0.1) is 0 Å². The highest BCUT2D eigenvalue weighted by Crippen LogP contribution is 2.49. The molecule has 1 spiro atoms. The molecule has 1 atom stereocenters. The Morgan fingerprint density at radius 2 is 1.93 bits per heavy atom. The van der Waals surface area contributed by atoms with Gasteiger partial charge in [-0.3, -0.25) is 14.4 Å². The lowest BCUT2D eigenvalue weighted by Crippen LogP contribution is -2.63. The van der Waals surface area contributed by atoms with Crippen LogP contribution in [0.5, 0.6) is 0 Å². The van der Waals surface area contributed by atoms with E-state index in [1.165, 1.54) is 7.11 Å². The third kappa shape index (κ3) is 3.64. The molecule has 1 unspecified atom stereocenters. The van der Waals surface area contributed by atoms with E-state index >= 15 is 0 Å². The zero-order chi connectivity index (χ0) is 20.1. The summed E-state index contributed by atoms with van der Waals surface area (Å²) in [6.07, 6.45) is 6.64. The molecule has 1 saturated carbocycles. The van der Waals surface area contributed by atoms with Gasteiger partial charge in [0.25, 0.3) is 5.91 Å². The molecule has 6 nitrogen and oxygen atoms in total. The van der Waals surface area contributed by atoms with Crippen LogP contribution in [0.15, 0.2) is 24.3 Å². The zero-order valence-electron chi connectivity index (χ0n) is 16.8. The normalized spacial score (nSPS) is 20.6. The van der Waals surface area contributed by atoms with E-state index in [0.717, 1.165) is 50.5 Å². The molecule has 1 N–H and O–H groups in total. The van der Waals surface area contributed by atoms with Crippen molar-refractivity contribution in [1.29, 1.82) is 0 Å². The Kier molecular flexibility index (Phi) is 6.37. The molecule has 3 rings (SSSR count). The van der Waals surface area contributed by atoms with Crippen molar-refractivity contribution in [3.8, 4) is 0 Å². The Labute approximate surface area is 166 Å². The first kappa shape index (κ1) is 20.4. The van der Waals surface area contributed by atoms with Crippen LogP contribution in [-0.4, -0.2) is 48.4 Å². The lowest BCUT2D eigenvalue weighted by molar-refractivity contribution is -0.142. The Hall–Kier alpha value is -2.37. The van der Waals surface area contributed by atoms with Crippen molar-refractivity contribution in [2.45, 2.75) is 63.3 Å². The average molecular weight is 386 g/mol. The highest BCUT2D eigenvalue weighted by Gasteiger charge is 2.54. The van der Waals surface area contributed by atoms with Gasteiger partial charge in [0.1, 0.15) is 6.54 Å². The average Bonchev–Trinajstić information content (AvgIpc) is 2.72. The minimum absolute atomic E-state index is 0.0305. The number of carbonyl (C=O) groups excluding carboxylic acids is 3. The van der Waals surface area contributed by atoms with Gasteiger partial charge in [0.05, 0.1) is 18.6 Å². The number of unbranched alkanes of at least 4 members (excludes halogenated alkanes) is 1. The summed E-state index contributed by atoms with van der Waals surface area (Å²) in [5.74, 6) is -1.12. The van der Waals surface area contributed by atoms with Crippen LogP contribution in [-0.2, 0) is 14.3 Å². The van der Waals surface area contributed by atoms with E-state index in [9.17, 15) is 14.4 Å². The molecular weight excluding hydrogens is 356 g/mol. The summed E-state index contributed by atoms with van der Waals surface area (Å²) >= 11 is 0. The van der Waals surface area contributed by atoms with Crippen molar-refractivity contribution in [3.05, 3.63) is 35.4 Å². The Morgan fingerprint density at radius 3 is 2.61 bits per heavy atom. The van der Waals surface area contributed by atoms with Gasteiger partial charge in [-0.15, -0.1) is 0 Å². The van der Waals surface area contributed by atoms with Crippen LogP contribution < -0.4 is 5.32 Å². The molecule has 1 aliphatic heterocycles. The molecule has 0 aromatic heterocycles. The minimum atomic E-state index is -0.515. The number of amides is 2. The van der Waals surface area contributed by atoms with Crippen molar-refractivity contribution in [2.24, 2.45) is 0 Å². The predicted octanol–water partition coefficient (Wildman–Crippen LogP) is 3.02. The molecule has 1 fully saturated rings. The van der Waals surface area contributed by atoms with Crippen molar-refractivity contribution >= 4 is 17.8 Å². The Balaban J connectivity index is 2.05. The lowest BCUT2D eigenvalue weighted by atomic mass is 9.65. The SMILES string of the molecule is CCCCN1C(=O)c2ccccc2C(C(=O)NCC(=O)OC)C12CCCCC2. The number of esters is 1. The number of methoxy groups -OCH3 is 1. The van der Waals surface area contributed by atoms with Crippen LogP contribution in [0.25, 0.3) is 0 Å². The summed E-state index contributed by atoms with van der Waals surface area (Å²) < 4.78 is 4.67. The maximum Gasteiger partial charge on any atom is 0.325 e. The molecule has 1 aliphatic carbocycles. The highest BCUT2D eigenvalue weighted by atomic mass is 16.5. The van der Waals surface area contributed by atoms with Gasteiger partial charge in [-0.2, -0.15) is 0 Å². The number of benzene rings is 1. The molecular formula is C22H30N2O4. The van der Waals surface area contributed by atoms with Gasteiger partial charge < -0.3 is 15.0 Å². The molecule has 6 heteroatoms. The van der Waals surface area contributed by atoms with Gasteiger partial charge in [-0.05, 0) is 30.9 Å². The number of rotatable bonds is 6. The third-order valence-corrected chi connectivity index (χ3v) is 6.17. The number of nitrogens with one attached hydrogen (secondary N) is 1. The number of hydrogen-bond acceptors (Lipinski definition) is 4. The molecule has 0 radical (unpaired) electrons. The second kappa shape index (κ2) is 8.76. The summed E-state index contributed by atoms with van der Waals surface area (Å²) in [6, 6.07) is 7.43. The highest BCUT2D eigenvalue weighted by molar-refractivity contribution is 6.02. The summed E-state index contributed by atoms with van der Waals surface area (Å²) in [5.41, 5.74) is 0.872. The van der Waals surface area contributed by atoms with Crippen molar-refractivity contribution in [3.63, 3.8) is 0 Å². The standard InChI is InChI=1S/C22H30N2O4/c1-3-4-14-24-21(27)17-11-7-6-10-16(17)19(20(26)23-15-18(25)28-2)22(24)12-8-5-9-13-22/h6-7,10-11,19H,3-5,8-9,12-15H2,1-2H3,(H,23,26). The number of fused-ring (bicyclic) bond motifs is 1. The van der Waals surface area contributed by atoms with Gasteiger partial charge in [-0.25, -0.2) is 0 Å². The number of ether oxygens (including phenoxy) is 1. The number of hydrogen-bond donors (Lipinski definition) is 1. The van der Waals surface area contributed by atoms with Crippen LogP contribution in [0.4, 0.5) is 0 Å². The molecule has 2 amide bonds. The lowest BCUT2D eigenvalue weighted by Gasteiger charge is -2.53. The second-order valence-electron chi connectivity index (χ2n) is 7.79. The van der Waals surface area contributed by atoms with Crippen molar-refractivity contribution < 1.29 is 19.1 Å². The van der Waals surface area contributed by atoms with Crippen LogP contribution in [0.2, 0.25) is 0 Å². The first-order chi connectivity index (χ1) is 13.5. The fraction of sp³-hybridized carbons (Fsp3) is 0.591. The molecule has 0 saturated heterocycles. The van der Waals surface area contributed by atoms with Gasteiger partial charge in [-0.1, -0.05) is 50.8 Å². The van der Waals surface area contributed by atoms with Crippen LogP contribution in [0.3, 0.4) is 0 Å². The van der Waals surface area contributed by atoms with Gasteiger partial charge in [0.2, 0.25) is 5.91 Å². The Morgan fingerprint density at radius 1 is 1.21 bits per heavy atom. The fourth-order valence-corrected chi connectivity index (χ4v) is 4.82. The molecule has 28 heavy (non-hydrogen) atoms. The monoisotopic (exact) mass is 386 g/mol. The molecule has 1 aromatic carbocycles. The smallest absolute Gasteiger partial charge is 0.325 e. The van der Waals surface area contributed by atoms with Crippen molar-refractivity contribution in [1.82, 2.24) is 10.2 Å². The van der Waals surface area contributed by atoms with E-state index in [4.69, 9.17) is 0 Å². The first-order valence-electron chi connectivity index (χ1n) is 10.3. The maximum absolute atomic E-state index is 13.4. The van der Waals surface area contributed by atoms with E-state index in [2.05, 4.69) is 17.0 Å². The topological polar surface area (TPSA) is 75.7 Å². The summed E-state index contributed by atoms with van der Waals surface area (Å²) in [5, 5.41) is 2.76. The third-order valence-electron chi connectivity index (χ3n) is 6.17. The summed E-state index contributed by atoms with van der Waals surface area (Å²) in [4.78, 5) is 40.3.